The predicted molar refractivity (Wildman–Crippen MR) is 100 cm³/mol. The van der Waals surface area contributed by atoms with Gasteiger partial charge in [0.1, 0.15) is 10.6 Å². The summed E-state index contributed by atoms with van der Waals surface area (Å²) in [5, 5.41) is 19.2. The maximum Gasteiger partial charge on any atom is 0.433 e. The Balaban J connectivity index is 1.97. The fourth-order valence-corrected chi connectivity index (χ4v) is 2.37. The second-order valence-electron chi connectivity index (χ2n) is 5.70. The van der Waals surface area contributed by atoms with Crippen molar-refractivity contribution in [3.63, 3.8) is 0 Å². The zero-order chi connectivity index (χ0) is 20.1. The Bertz CT molecular complexity index is 1020. The Labute approximate surface area is 159 Å². The summed E-state index contributed by atoms with van der Waals surface area (Å²) in [5.74, 6) is -0.192. The summed E-state index contributed by atoms with van der Waals surface area (Å²) in [4.78, 5) is 21.6. The lowest BCUT2D eigenvalue weighted by Crippen LogP contribution is -2.18. The molecule has 10 nitrogen and oxygen atoms in total. The van der Waals surface area contributed by atoms with Gasteiger partial charge in [-0.1, -0.05) is 17.7 Å². The average Bonchev–Trinajstić information content (AvgIpc) is 3.30. The molecule has 3 aromatic rings. The molecule has 2 heterocycles. The highest BCUT2D eigenvalue weighted by atomic mass is 16.6. The highest BCUT2D eigenvalue weighted by molar-refractivity contribution is 5.88. The van der Waals surface area contributed by atoms with Gasteiger partial charge in [0.05, 0.1) is 24.6 Å². The number of amides is 1. The number of carbonyl (C=O) groups excluding carboxylic acids is 1. The number of nitro groups is 1. The molecule has 1 aromatic carbocycles. The molecule has 1 N–H and O–H groups in total. The highest BCUT2D eigenvalue weighted by Gasteiger charge is 2.19. The highest BCUT2D eigenvalue weighted by Crippen LogP contribution is 2.28. The molecule has 3 rings (SSSR count). The van der Waals surface area contributed by atoms with Crippen LogP contribution >= 0.6 is 0 Å². The number of hydrogen-bond donors (Lipinski definition) is 1. The molecule has 0 aliphatic rings. The average molecular weight is 383 g/mol. The molecular weight excluding hydrogens is 366 g/mol. The Kier molecular flexibility index (Phi) is 5.49. The minimum absolute atomic E-state index is 0.204. The van der Waals surface area contributed by atoms with Crippen molar-refractivity contribution < 1.29 is 18.9 Å². The number of furan rings is 1. The third-order valence-electron chi connectivity index (χ3n) is 3.68. The first-order valence-corrected chi connectivity index (χ1v) is 8.35. The van der Waals surface area contributed by atoms with Crippen LogP contribution in [0.5, 0.6) is 0 Å². The van der Waals surface area contributed by atoms with E-state index in [-0.39, 0.29) is 12.4 Å². The Morgan fingerprint density at radius 3 is 2.75 bits per heavy atom. The molecule has 0 bridgehead atoms. The maximum atomic E-state index is 11.4. The second-order valence-corrected chi connectivity index (χ2v) is 5.70. The number of aryl methyl sites for hydroxylation is 1. The van der Waals surface area contributed by atoms with E-state index in [0.717, 1.165) is 11.3 Å². The SMILES string of the molecule is CCOC(=O)NN=Cc1cn(-c2ccc(C)cc2)nc1-c1ccc([N+](=O)[O-])o1. The first kappa shape index (κ1) is 18.8. The van der Waals surface area contributed by atoms with E-state index in [4.69, 9.17) is 9.15 Å². The van der Waals surface area contributed by atoms with Crippen molar-refractivity contribution in [1.29, 1.82) is 0 Å². The number of hydrazone groups is 1. The van der Waals surface area contributed by atoms with Crippen LogP contribution in [0.2, 0.25) is 0 Å². The monoisotopic (exact) mass is 383 g/mol. The van der Waals surface area contributed by atoms with Crippen LogP contribution in [0.1, 0.15) is 18.1 Å². The molecule has 10 heteroatoms. The largest absolute Gasteiger partial charge is 0.449 e. The van der Waals surface area contributed by atoms with Crippen molar-refractivity contribution in [2.75, 3.05) is 6.61 Å². The van der Waals surface area contributed by atoms with E-state index in [2.05, 4.69) is 15.6 Å². The van der Waals surface area contributed by atoms with Crippen LogP contribution in [0.25, 0.3) is 17.1 Å². The number of nitrogens with zero attached hydrogens (tertiary/aromatic N) is 4. The fourth-order valence-electron chi connectivity index (χ4n) is 2.37. The summed E-state index contributed by atoms with van der Waals surface area (Å²) < 4.78 is 11.6. The van der Waals surface area contributed by atoms with Crippen molar-refractivity contribution >= 4 is 18.2 Å². The van der Waals surface area contributed by atoms with Crippen LogP contribution in [-0.4, -0.2) is 33.6 Å². The number of rotatable bonds is 6. The van der Waals surface area contributed by atoms with Gasteiger partial charge in [-0.3, -0.25) is 10.1 Å². The van der Waals surface area contributed by atoms with Gasteiger partial charge in [-0.15, -0.1) is 0 Å². The van der Waals surface area contributed by atoms with Gasteiger partial charge in [-0.25, -0.2) is 14.9 Å². The fraction of sp³-hybridized carbons (Fsp3) is 0.167. The molecule has 0 fully saturated rings. The first-order valence-electron chi connectivity index (χ1n) is 8.35. The van der Waals surface area contributed by atoms with E-state index in [1.165, 1.54) is 18.3 Å². The Morgan fingerprint density at radius 2 is 2.11 bits per heavy atom. The van der Waals surface area contributed by atoms with E-state index in [1.54, 1.807) is 17.8 Å². The minimum Gasteiger partial charge on any atom is -0.449 e. The van der Waals surface area contributed by atoms with Crippen LogP contribution < -0.4 is 5.43 Å². The van der Waals surface area contributed by atoms with Crippen molar-refractivity contribution in [2.24, 2.45) is 5.10 Å². The molecule has 0 spiro atoms. The summed E-state index contributed by atoms with van der Waals surface area (Å²) in [6.45, 7) is 3.87. The zero-order valence-electron chi connectivity index (χ0n) is 15.2. The number of aromatic nitrogens is 2. The van der Waals surface area contributed by atoms with Gasteiger partial charge in [0, 0.05) is 11.8 Å². The third kappa shape index (κ3) is 4.23. The molecule has 0 saturated carbocycles. The number of ether oxygens (including phenoxy) is 1. The van der Waals surface area contributed by atoms with Crippen molar-refractivity contribution in [3.05, 3.63) is 63.8 Å². The van der Waals surface area contributed by atoms with E-state index >= 15 is 0 Å². The lowest BCUT2D eigenvalue weighted by molar-refractivity contribution is -0.401. The molecule has 28 heavy (non-hydrogen) atoms. The molecule has 0 radical (unpaired) electrons. The summed E-state index contributed by atoms with van der Waals surface area (Å²) in [6.07, 6.45) is 2.34. The Morgan fingerprint density at radius 1 is 1.36 bits per heavy atom. The molecule has 0 saturated heterocycles. The number of benzene rings is 1. The van der Waals surface area contributed by atoms with Crippen molar-refractivity contribution in [2.45, 2.75) is 13.8 Å². The van der Waals surface area contributed by atoms with Crippen molar-refractivity contribution in [1.82, 2.24) is 15.2 Å². The second kappa shape index (κ2) is 8.16. The third-order valence-corrected chi connectivity index (χ3v) is 3.68. The summed E-state index contributed by atoms with van der Waals surface area (Å²) in [5.41, 5.74) is 4.93. The van der Waals surface area contributed by atoms with Gasteiger partial charge in [0.25, 0.3) is 0 Å². The van der Waals surface area contributed by atoms with Crippen LogP contribution in [0.15, 0.2) is 52.1 Å². The molecule has 1 amide bonds. The predicted octanol–water partition coefficient (Wildman–Crippen LogP) is 3.43. The summed E-state index contributed by atoms with van der Waals surface area (Å²) in [7, 11) is 0. The molecule has 2 aromatic heterocycles. The normalized spacial score (nSPS) is 10.9. The van der Waals surface area contributed by atoms with Crippen LogP contribution in [-0.2, 0) is 4.74 Å². The molecule has 0 aliphatic carbocycles. The molecule has 0 aliphatic heterocycles. The van der Waals surface area contributed by atoms with Gasteiger partial charge < -0.3 is 9.15 Å². The molecule has 0 atom stereocenters. The topological polar surface area (TPSA) is 125 Å². The lowest BCUT2D eigenvalue weighted by Gasteiger charge is -2.00. The number of nitrogens with one attached hydrogen (secondary N) is 1. The van der Waals surface area contributed by atoms with Crippen LogP contribution in [0, 0.1) is 17.0 Å². The van der Waals surface area contributed by atoms with Gasteiger partial charge in [-0.2, -0.15) is 10.2 Å². The minimum atomic E-state index is -0.695. The Hall–Kier alpha value is -3.95. The quantitative estimate of drug-likeness (QED) is 0.395. The van der Waals surface area contributed by atoms with Crippen molar-refractivity contribution in [3.8, 4) is 17.1 Å². The molecule has 144 valence electrons. The van der Waals surface area contributed by atoms with Crippen LogP contribution in [0.3, 0.4) is 0 Å². The summed E-state index contributed by atoms with van der Waals surface area (Å²) >= 11 is 0. The van der Waals surface area contributed by atoms with E-state index in [0.29, 0.717) is 11.3 Å². The lowest BCUT2D eigenvalue weighted by atomic mass is 10.2. The van der Waals surface area contributed by atoms with E-state index in [1.807, 2.05) is 31.2 Å². The first-order chi connectivity index (χ1) is 13.5. The zero-order valence-corrected chi connectivity index (χ0v) is 15.2. The standard InChI is InChI=1S/C18H17N5O5/c1-3-27-18(24)20-19-10-13-11-22(14-6-4-12(2)5-7-14)21-17(13)15-8-9-16(28-15)23(25)26/h4-11H,3H2,1-2H3,(H,20,24). The smallest absolute Gasteiger partial charge is 0.433 e. The van der Waals surface area contributed by atoms with Gasteiger partial charge in [0.2, 0.25) is 0 Å². The molecule has 0 unspecified atom stereocenters. The van der Waals surface area contributed by atoms with E-state index in [9.17, 15) is 14.9 Å². The van der Waals surface area contributed by atoms with Crippen LogP contribution in [0.4, 0.5) is 10.7 Å². The maximum absolute atomic E-state index is 11.4. The van der Waals surface area contributed by atoms with Gasteiger partial charge in [0.15, 0.2) is 5.76 Å². The molecular formula is C18H17N5O5. The summed E-state index contributed by atoms with van der Waals surface area (Å²) in [6, 6.07) is 10.3. The van der Waals surface area contributed by atoms with E-state index < -0.39 is 16.9 Å². The van der Waals surface area contributed by atoms with Gasteiger partial charge >= 0.3 is 12.0 Å². The number of carbonyl (C=O) groups is 1. The number of hydrogen-bond acceptors (Lipinski definition) is 7. The van der Waals surface area contributed by atoms with Gasteiger partial charge in [-0.05, 0) is 32.0 Å².